The van der Waals surface area contributed by atoms with Crippen molar-refractivity contribution in [3.05, 3.63) is 29.8 Å². The minimum atomic E-state index is -0.243. The first-order chi connectivity index (χ1) is 13.1. The highest BCUT2D eigenvalue weighted by Crippen LogP contribution is 2.32. The predicted molar refractivity (Wildman–Crippen MR) is 105 cm³/mol. The summed E-state index contributed by atoms with van der Waals surface area (Å²) in [6.07, 6.45) is 7.20. The molecule has 0 spiro atoms. The fourth-order valence-corrected chi connectivity index (χ4v) is 5.14. The lowest BCUT2D eigenvalue weighted by Gasteiger charge is -2.28. The molecular formula is C21H30N4O2. The third-order valence-electron chi connectivity index (χ3n) is 6.33. The maximum atomic E-state index is 12.5. The summed E-state index contributed by atoms with van der Waals surface area (Å²) >= 11 is 0. The summed E-state index contributed by atoms with van der Waals surface area (Å²) in [7, 11) is 0. The van der Waals surface area contributed by atoms with Gasteiger partial charge in [-0.15, -0.1) is 0 Å². The quantitative estimate of drug-likeness (QED) is 0.715. The molecule has 6 heteroatoms. The van der Waals surface area contributed by atoms with E-state index in [1.54, 1.807) is 0 Å². The molecule has 3 aliphatic heterocycles. The van der Waals surface area contributed by atoms with Crippen LogP contribution in [-0.2, 0) is 16.1 Å². The molecule has 2 amide bonds. The van der Waals surface area contributed by atoms with E-state index in [1.165, 1.54) is 12.8 Å². The number of rotatable bonds is 6. The minimum absolute atomic E-state index is 0.106. The predicted octanol–water partition coefficient (Wildman–Crippen LogP) is 2.00. The number of hydrogen-bond acceptors (Lipinski definition) is 4. The van der Waals surface area contributed by atoms with Gasteiger partial charge in [0.15, 0.2) is 0 Å². The Bertz CT molecular complexity index is 695. The van der Waals surface area contributed by atoms with E-state index in [1.807, 2.05) is 24.3 Å². The second-order valence-corrected chi connectivity index (χ2v) is 8.46. The van der Waals surface area contributed by atoms with Crippen molar-refractivity contribution < 1.29 is 9.59 Å². The van der Waals surface area contributed by atoms with Crippen molar-refractivity contribution in [3.8, 4) is 0 Å². The van der Waals surface area contributed by atoms with Gasteiger partial charge in [-0.25, -0.2) is 0 Å². The number of nitrogens with zero attached hydrogens (tertiary/aromatic N) is 1. The van der Waals surface area contributed by atoms with Gasteiger partial charge in [0.05, 0.1) is 6.04 Å². The molecule has 0 saturated carbocycles. The highest BCUT2D eigenvalue weighted by Gasteiger charge is 2.34. The van der Waals surface area contributed by atoms with E-state index in [0.717, 1.165) is 43.5 Å². The summed E-state index contributed by atoms with van der Waals surface area (Å²) in [5.74, 6) is 0.357. The van der Waals surface area contributed by atoms with Gasteiger partial charge < -0.3 is 16.4 Å². The zero-order valence-corrected chi connectivity index (χ0v) is 15.8. The van der Waals surface area contributed by atoms with Crippen LogP contribution in [0.15, 0.2) is 24.3 Å². The van der Waals surface area contributed by atoms with Crippen molar-refractivity contribution in [1.82, 2.24) is 10.2 Å². The normalized spacial score (nSPS) is 30.4. The highest BCUT2D eigenvalue weighted by molar-refractivity contribution is 5.91. The lowest BCUT2D eigenvalue weighted by molar-refractivity contribution is -0.122. The second kappa shape index (κ2) is 7.98. The van der Waals surface area contributed by atoms with Gasteiger partial charge in [0.1, 0.15) is 0 Å². The molecule has 146 valence electrons. The van der Waals surface area contributed by atoms with Crippen LogP contribution >= 0.6 is 0 Å². The number of hydrogen-bond donors (Lipinski definition) is 3. The average Bonchev–Trinajstić information content (AvgIpc) is 3.21. The first kappa shape index (κ1) is 18.4. The van der Waals surface area contributed by atoms with Gasteiger partial charge in [-0.1, -0.05) is 12.1 Å². The Morgan fingerprint density at radius 3 is 2.70 bits per heavy atom. The summed E-state index contributed by atoms with van der Waals surface area (Å²) in [6, 6.07) is 9.01. The zero-order valence-electron chi connectivity index (χ0n) is 15.8. The van der Waals surface area contributed by atoms with Crippen molar-refractivity contribution in [1.29, 1.82) is 0 Å². The maximum absolute atomic E-state index is 12.5. The van der Waals surface area contributed by atoms with Gasteiger partial charge in [-0.2, -0.15) is 0 Å². The number of primary amides is 1. The number of carbonyl (C=O) groups excluding carboxylic acids is 2. The molecule has 1 aromatic carbocycles. The lowest BCUT2D eigenvalue weighted by atomic mass is 9.89. The number of anilines is 1. The van der Waals surface area contributed by atoms with E-state index < -0.39 is 0 Å². The molecule has 4 rings (SSSR count). The third-order valence-corrected chi connectivity index (χ3v) is 6.33. The van der Waals surface area contributed by atoms with Crippen molar-refractivity contribution >= 4 is 17.5 Å². The number of benzene rings is 1. The molecule has 3 heterocycles. The first-order valence-electron chi connectivity index (χ1n) is 10.2. The molecule has 1 aromatic rings. The van der Waals surface area contributed by atoms with E-state index in [-0.39, 0.29) is 17.9 Å². The lowest BCUT2D eigenvalue weighted by Crippen LogP contribution is -2.39. The van der Waals surface area contributed by atoms with Gasteiger partial charge in [0.2, 0.25) is 11.8 Å². The van der Waals surface area contributed by atoms with E-state index >= 15 is 0 Å². The van der Waals surface area contributed by atoms with Crippen LogP contribution in [0.4, 0.5) is 5.69 Å². The maximum Gasteiger partial charge on any atom is 0.234 e. The van der Waals surface area contributed by atoms with Gasteiger partial charge in [0.25, 0.3) is 0 Å². The van der Waals surface area contributed by atoms with Crippen molar-refractivity contribution in [2.45, 2.75) is 69.6 Å². The van der Waals surface area contributed by atoms with Gasteiger partial charge in [0, 0.05) is 30.7 Å². The van der Waals surface area contributed by atoms with Crippen LogP contribution in [0.3, 0.4) is 0 Å². The molecule has 0 radical (unpaired) electrons. The number of likely N-dealkylation sites (tertiary alicyclic amines) is 1. The van der Waals surface area contributed by atoms with Crippen LogP contribution in [0.25, 0.3) is 0 Å². The van der Waals surface area contributed by atoms with Gasteiger partial charge >= 0.3 is 0 Å². The molecular weight excluding hydrogens is 340 g/mol. The molecule has 3 unspecified atom stereocenters. The molecule has 3 saturated heterocycles. The Kier molecular flexibility index (Phi) is 5.45. The number of carbonyl (C=O) groups is 2. The fraction of sp³-hybridized carbons (Fsp3) is 0.619. The molecule has 3 aliphatic rings. The zero-order chi connectivity index (χ0) is 18.8. The molecule has 3 fully saturated rings. The monoisotopic (exact) mass is 370 g/mol. The van der Waals surface area contributed by atoms with Crippen molar-refractivity contribution in [3.63, 3.8) is 0 Å². The SMILES string of the molecule is NC(=O)C1CCCN1Cc1cccc(NC(=O)CC2CC3CCC(C2)N3)c1. The number of nitrogens with one attached hydrogen (secondary N) is 2. The molecule has 0 aliphatic carbocycles. The summed E-state index contributed by atoms with van der Waals surface area (Å²) in [6.45, 7) is 1.58. The fourth-order valence-electron chi connectivity index (χ4n) is 5.14. The minimum Gasteiger partial charge on any atom is -0.368 e. The second-order valence-electron chi connectivity index (χ2n) is 8.46. The number of fused-ring (bicyclic) bond motifs is 2. The molecule has 2 bridgehead atoms. The van der Waals surface area contributed by atoms with Crippen LogP contribution in [0.5, 0.6) is 0 Å². The number of amides is 2. The van der Waals surface area contributed by atoms with Crippen LogP contribution in [0, 0.1) is 5.92 Å². The summed E-state index contributed by atoms with van der Waals surface area (Å²) < 4.78 is 0. The number of nitrogens with two attached hydrogens (primary N) is 1. The first-order valence-corrected chi connectivity index (χ1v) is 10.2. The topological polar surface area (TPSA) is 87.5 Å². The van der Waals surface area contributed by atoms with E-state index in [9.17, 15) is 9.59 Å². The Hall–Kier alpha value is -1.92. The third kappa shape index (κ3) is 4.50. The summed E-state index contributed by atoms with van der Waals surface area (Å²) in [4.78, 5) is 26.2. The van der Waals surface area contributed by atoms with Gasteiger partial charge in [-0.05, 0) is 68.7 Å². The smallest absolute Gasteiger partial charge is 0.234 e. The Morgan fingerprint density at radius 1 is 1.19 bits per heavy atom. The van der Waals surface area contributed by atoms with Crippen molar-refractivity contribution in [2.24, 2.45) is 11.7 Å². The highest BCUT2D eigenvalue weighted by atomic mass is 16.2. The standard InChI is InChI=1S/C21H30N4O2/c22-21(27)19-5-2-8-25(19)13-14-3-1-4-16(9-14)24-20(26)12-15-10-17-6-7-18(11-15)23-17/h1,3-4,9,15,17-19,23H,2,5-8,10-13H2,(H2,22,27)(H,24,26). The van der Waals surface area contributed by atoms with E-state index in [2.05, 4.69) is 15.5 Å². The Labute approximate surface area is 160 Å². The molecule has 0 aromatic heterocycles. The Morgan fingerprint density at radius 2 is 1.96 bits per heavy atom. The van der Waals surface area contributed by atoms with Crippen LogP contribution in [0.1, 0.15) is 50.5 Å². The largest absolute Gasteiger partial charge is 0.368 e. The molecule has 3 atom stereocenters. The van der Waals surface area contributed by atoms with Crippen LogP contribution in [0.2, 0.25) is 0 Å². The Balaban J connectivity index is 1.32. The molecule has 4 N–H and O–H groups in total. The van der Waals surface area contributed by atoms with Crippen LogP contribution < -0.4 is 16.4 Å². The molecule has 27 heavy (non-hydrogen) atoms. The average molecular weight is 370 g/mol. The van der Waals surface area contributed by atoms with Crippen LogP contribution in [-0.4, -0.2) is 41.4 Å². The molecule has 6 nitrogen and oxygen atoms in total. The van der Waals surface area contributed by atoms with Gasteiger partial charge in [-0.3, -0.25) is 14.5 Å². The van der Waals surface area contributed by atoms with E-state index in [0.29, 0.717) is 31.0 Å². The summed E-state index contributed by atoms with van der Waals surface area (Å²) in [5.41, 5.74) is 7.44. The number of piperidine rings is 1. The van der Waals surface area contributed by atoms with Crippen molar-refractivity contribution in [2.75, 3.05) is 11.9 Å². The van der Waals surface area contributed by atoms with E-state index in [4.69, 9.17) is 5.73 Å². The summed E-state index contributed by atoms with van der Waals surface area (Å²) in [5, 5.41) is 6.70.